The van der Waals surface area contributed by atoms with Crippen molar-refractivity contribution in [2.45, 2.75) is 90.4 Å². The van der Waals surface area contributed by atoms with Crippen LogP contribution in [0.5, 0.6) is 0 Å². The number of hydrogen-bond donors (Lipinski definition) is 1. The van der Waals surface area contributed by atoms with Gasteiger partial charge in [0.15, 0.2) is 0 Å². The Morgan fingerprint density at radius 2 is 1.33 bits per heavy atom. The normalized spacial score (nSPS) is 16.3. The lowest BCUT2D eigenvalue weighted by Gasteiger charge is -2.17. The Morgan fingerprint density at radius 3 is 1.94 bits per heavy atom. The van der Waals surface area contributed by atoms with Crippen LogP contribution in [0.1, 0.15) is 90.4 Å². The van der Waals surface area contributed by atoms with E-state index in [1.807, 2.05) is 0 Å². The third-order valence-electron chi connectivity index (χ3n) is 4.27. The van der Waals surface area contributed by atoms with E-state index in [-0.39, 0.29) is 0 Å². The average Bonchev–Trinajstić information content (AvgIpc) is 2.39. The van der Waals surface area contributed by atoms with Gasteiger partial charge in [0.05, 0.1) is 0 Å². The van der Waals surface area contributed by atoms with Gasteiger partial charge in [-0.3, -0.25) is 0 Å². The molecule has 0 unspecified atom stereocenters. The van der Waals surface area contributed by atoms with Crippen LogP contribution in [-0.4, -0.2) is 11.7 Å². The standard InChI is InChI=1S/C17H32O/c1-16-12-9-10-14-17(16)13-8-6-4-2-3-5-7-11-15-18/h18H,2-15H2,1H3. The number of aliphatic hydroxyl groups excluding tert-OH is 1. The van der Waals surface area contributed by atoms with Crippen LogP contribution in [0.4, 0.5) is 0 Å². The zero-order valence-electron chi connectivity index (χ0n) is 12.3. The van der Waals surface area contributed by atoms with Gasteiger partial charge in [0.25, 0.3) is 0 Å². The molecule has 0 bridgehead atoms. The van der Waals surface area contributed by atoms with E-state index < -0.39 is 0 Å². The maximum Gasteiger partial charge on any atom is 0.0431 e. The molecule has 0 heterocycles. The van der Waals surface area contributed by atoms with E-state index in [0.717, 1.165) is 6.42 Å². The van der Waals surface area contributed by atoms with Crippen molar-refractivity contribution >= 4 is 0 Å². The Kier molecular flexibility index (Phi) is 9.28. The van der Waals surface area contributed by atoms with Gasteiger partial charge in [-0.05, 0) is 51.9 Å². The number of rotatable bonds is 10. The van der Waals surface area contributed by atoms with Gasteiger partial charge in [-0.2, -0.15) is 0 Å². The van der Waals surface area contributed by atoms with Crippen LogP contribution in [0.15, 0.2) is 11.1 Å². The lowest BCUT2D eigenvalue weighted by atomic mass is 9.89. The van der Waals surface area contributed by atoms with Crippen molar-refractivity contribution in [2.24, 2.45) is 0 Å². The minimum Gasteiger partial charge on any atom is -0.396 e. The summed E-state index contributed by atoms with van der Waals surface area (Å²) in [6.45, 7) is 2.71. The first-order chi connectivity index (χ1) is 8.84. The molecule has 1 aliphatic rings. The van der Waals surface area contributed by atoms with Gasteiger partial charge in [-0.15, -0.1) is 0 Å². The molecular weight excluding hydrogens is 220 g/mol. The molecule has 0 spiro atoms. The minimum atomic E-state index is 0.370. The highest BCUT2D eigenvalue weighted by Gasteiger charge is 2.08. The molecule has 1 rings (SSSR count). The van der Waals surface area contributed by atoms with Gasteiger partial charge in [-0.25, -0.2) is 0 Å². The van der Waals surface area contributed by atoms with E-state index in [4.69, 9.17) is 5.11 Å². The fourth-order valence-electron chi connectivity index (χ4n) is 2.97. The summed E-state index contributed by atoms with van der Waals surface area (Å²) in [5.41, 5.74) is 3.48. The van der Waals surface area contributed by atoms with E-state index in [0.29, 0.717) is 6.61 Å². The summed E-state index contributed by atoms with van der Waals surface area (Å²) in [5, 5.41) is 8.68. The highest BCUT2D eigenvalue weighted by molar-refractivity contribution is 5.14. The molecule has 0 aromatic rings. The number of aliphatic hydroxyl groups is 1. The maximum atomic E-state index is 8.68. The first-order valence-electron chi connectivity index (χ1n) is 8.13. The van der Waals surface area contributed by atoms with Crippen molar-refractivity contribution in [3.05, 3.63) is 11.1 Å². The minimum absolute atomic E-state index is 0.370. The molecule has 0 saturated heterocycles. The Bertz CT molecular complexity index is 230. The third kappa shape index (κ3) is 7.20. The van der Waals surface area contributed by atoms with Crippen LogP contribution < -0.4 is 0 Å². The van der Waals surface area contributed by atoms with Crippen molar-refractivity contribution in [1.82, 2.24) is 0 Å². The van der Waals surface area contributed by atoms with E-state index in [2.05, 4.69) is 6.92 Å². The second kappa shape index (κ2) is 10.6. The molecule has 1 heteroatoms. The molecule has 1 N–H and O–H groups in total. The summed E-state index contributed by atoms with van der Waals surface area (Å²) in [6, 6.07) is 0. The third-order valence-corrected chi connectivity index (χ3v) is 4.27. The van der Waals surface area contributed by atoms with Crippen molar-refractivity contribution in [3.63, 3.8) is 0 Å². The van der Waals surface area contributed by atoms with Crippen LogP contribution in [0.3, 0.4) is 0 Å². The number of allylic oxidation sites excluding steroid dienone is 2. The molecule has 0 aliphatic heterocycles. The molecule has 0 aromatic heterocycles. The van der Waals surface area contributed by atoms with Crippen LogP contribution in [0, 0.1) is 0 Å². The van der Waals surface area contributed by atoms with Gasteiger partial charge in [0.2, 0.25) is 0 Å². The Balaban J connectivity index is 1.89. The second-order valence-electron chi connectivity index (χ2n) is 5.89. The molecular formula is C17H32O. The fraction of sp³-hybridized carbons (Fsp3) is 0.882. The Hall–Kier alpha value is -0.300. The van der Waals surface area contributed by atoms with Crippen molar-refractivity contribution in [2.75, 3.05) is 6.61 Å². The topological polar surface area (TPSA) is 20.2 Å². The molecule has 0 atom stereocenters. The predicted molar refractivity (Wildman–Crippen MR) is 79.8 cm³/mol. The summed E-state index contributed by atoms with van der Waals surface area (Å²) >= 11 is 0. The average molecular weight is 252 g/mol. The zero-order valence-corrected chi connectivity index (χ0v) is 12.3. The number of hydrogen-bond acceptors (Lipinski definition) is 1. The van der Waals surface area contributed by atoms with E-state index >= 15 is 0 Å². The Morgan fingerprint density at radius 1 is 0.778 bits per heavy atom. The summed E-state index contributed by atoms with van der Waals surface area (Å²) in [4.78, 5) is 0. The lowest BCUT2D eigenvalue weighted by molar-refractivity contribution is 0.282. The van der Waals surface area contributed by atoms with E-state index in [1.54, 1.807) is 11.1 Å². The molecule has 0 radical (unpaired) electrons. The van der Waals surface area contributed by atoms with Gasteiger partial charge < -0.3 is 5.11 Å². The molecule has 1 nitrogen and oxygen atoms in total. The molecule has 0 aromatic carbocycles. The maximum absolute atomic E-state index is 8.68. The molecule has 1 aliphatic carbocycles. The lowest BCUT2D eigenvalue weighted by Crippen LogP contribution is -1.97. The molecule has 18 heavy (non-hydrogen) atoms. The Labute approximate surface area is 114 Å². The molecule has 106 valence electrons. The van der Waals surface area contributed by atoms with E-state index in [9.17, 15) is 0 Å². The highest BCUT2D eigenvalue weighted by Crippen LogP contribution is 2.28. The van der Waals surface area contributed by atoms with Gasteiger partial charge >= 0.3 is 0 Å². The monoisotopic (exact) mass is 252 g/mol. The zero-order chi connectivity index (χ0) is 13.1. The molecule has 0 saturated carbocycles. The largest absolute Gasteiger partial charge is 0.396 e. The molecule has 0 fully saturated rings. The predicted octanol–water partition coefficient (Wildman–Crippen LogP) is 5.38. The SMILES string of the molecule is CC1=C(CCCCCCCCCCO)CCCC1. The van der Waals surface area contributed by atoms with Gasteiger partial charge in [-0.1, -0.05) is 49.7 Å². The van der Waals surface area contributed by atoms with Crippen LogP contribution >= 0.6 is 0 Å². The van der Waals surface area contributed by atoms with Gasteiger partial charge in [0, 0.05) is 6.61 Å². The quantitative estimate of drug-likeness (QED) is 0.409. The number of unbranched alkanes of at least 4 members (excludes halogenated alkanes) is 7. The summed E-state index contributed by atoms with van der Waals surface area (Å²) in [5.74, 6) is 0. The first-order valence-corrected chi connectivity index (χ1v) is 8.13. The van der Waals surface area contributed by atoms with Crippen LogP contribution in [-0.2, 0) is 0 Å². The van der Waals surface area contributed by atoms with Crippen molar-refractivity contribution < 1.29 is 5.11 Å². The summed E-state index contributed by atoms with van der Waals surface area (Å²) in [7, 11) is 0. The molecule has 0 amide bonds. The second-order valence-corrected chi connectivity index (χ2v) is 5.89. The highest BCUT2D eigenvalue weighted by atomic mass is 16.2. The first kappa shape index (κ1) is 15.8. The van der Waals surface area contributed by atoms with Crippen molar-refractivity contribution in [1.29, 1.82) is 0 Å². The summed E-state index contributed by atoms with van der Waals surface area (Å²) < 4.78 is 0. The van der Waals surface area contributed by atoms with Crippen molar-refractivity contribution in [3.8, 4) is 0 Å². The summed E-state index contributed by atoms with van der Waals surface area (Å²) in [6.07, 6.45) is 17.5. The fourth-order valence-corrected chi connectivity index (χ4v) is 2.97. The van der Waals surface area contributed by atoms with Crippen LogP contribution in [0.25, 0.3) is 0 Å². The van der Waals surface area contributed by atoms with E-state index in [1.165, 1.54) is 77.0 Å². The van der Waals surface area contributed by atoms with Gasteiger partial charge in [0.1, 0.15) is 0 Å². The van der Waals surface area contributed by atoms with Crippen LogP contribution in [0.2, 0.25) is 0 Å². The smallest absolute Gasteiger partial charge is 0.0431 e.